The van der Waals surface area contributed by atoms with Crippen LogP contribution in [0.4, 0.5) is 20.5 Å². The van der Waals surface area contributed by atoms with Gasteiger partial charge in [0.2, 0.25) is 5.95 Å². The van der Waals surface area contributed by atoms with Gasteiger partial charge in [-0.15, -0.1) is 0 Å². The second kappa shape index (κ2) is 14.5. The summed E-state index contributed by atoms with van der Waals surface area (Å²) in [6.45, 7) is -1.60. The van der Waals surface area contributed by atoms with Crippen molar-refractivity contribution in [1.82, 2.24) is 39.0 Å². The number of nitrogen functional groups attached to an aromatic ring is 2. The predicted octanol–water partition coefficient (Wildman–Crippen LogP) is 1.94. The molecule has 2 unspecified atom stereocenters. The first-order valence-corrected chi connectivity index (χ1v) is 20.9. The summed E-state index contributed by atoms with van der Waals surface area (Å²) in [5.41, 5.74) is 9.77. The van der Waals surface area contributed by atoms with Crippen LogP contribution in [0.2, 0.25) is 0 Å². The van der Waals surface area contributed by atoms with Crippen LogP contribution in [0.3, 0.4) is 0 Å². The highest BCUT2D eigenvalue weighted by molar-refractivity contribution is 8.55. The van der Waals surface area contributed by atoms with E-state index >= 15 is 8.78 Å². The van der Waals surface area contributed by atoms with Gasteiger partial charge in [0.15, 0.2) is 47.4 Å². The fraction of sp³-hybridized carbons (Fsp3) is 0.593. The number of esters is 1. The third-order valence-corrected chi connectivity index (χ3v) is 12.8. The molecule has 3 saturated heterocycles. The molecule has 4 aromatic heterocycles. The fourth-order valence-electron chi connectivity index (χ4n) is 5.78. The van der Waals surface area contributed by atoms with Gasteiger partial charge in [-0.2, -0.15) is 4.98 Å². The molecule has 27 heteroatoms. The summed E-state index contributed by atoms with van der Waals surface area (Å²) in [5, 5.41) is 0. The van der Waals surface area contributed by atoms with E-state index in [-0.39, 0.29) is 34.1 Å². The molecule has 0 spiro atoms. The molecule has 3 aliphatic heterocycles. The molecular formula is C27H34F2N10O12P2S. The number of carbonyl (C=O) groups is 1. The van der Waals surface area contributed by atoms with Crippen molar-refractivity contribution < 1.29 is 60.1 Å². The van der Waals surface area contributed by atoms with Crippen molar-refractivity contribution in [3.05, 3.63) is 29.3 Å². The summed E-state index contributed by atoms with van der Waals surface area (Å²) in [7, 11) is -4.75. The molecule has 294 valence electrons. The SMILES string of the molecule is CC(C)(C)C(=O)OCSP1(=O)OC[C@H]2O[C@@H](n3cnc4c(N)ncnc43)[C@H](F)[C@@H]2OCP(=O)(O)OC[C@H]2O[C@@H](n3cnc4c(=O)[nH]c(N)nc43)[C@H](O1)[C@@H]2F. The standard InChI is InChI=1S/C27H34F2N10O12P2S/c1-27(2,3)25(41)46-10-54-53(44)48-5-12-17(14(29)23(50-12)38-7-34-15-19(30)32-6-33-20(15)38)45-9-52(42,43)47-4-11-13(28)18(51-53)24(49-11)39-8-35-16-21(39)36-26(31)37-22(16)40/h6-8,11-14,17-18,23-24H,4-5,9-10H2,1-3H3,(H,42,43)(H2,30,32,33)(H3,31,36,37,40)/t11-,12-,13-,14-,17-,18-,23-,24-,53?/m1/s1. The quantitative estimate of drug-likeness (QED) is 0.127. The number of nitrogens with one attached hydrogen (secondary N) is 1. The van der Waals surface area contributed by atoms with Crippen LogP contribution in [0.25, 0.3) is 22.3 Å². The van der Waals surface area contributed by atoms with Crippen molar-refractivity contribution >= 4 is 65.8 Å². The fourth-order valence-corrected chi connectivity index (χ4v) is 9.36. The van der Waals surface area contributed by atoms with Gasteiger partial charge in [-0.25, -0.2) is 33.3 Å². The van der Waals surface area contributed by atoms with Crippen molar-refractivity contribution in [3.63, 3.8) is 0 Å². The maximum atomic E-state index is 16.4. The molecular weight excluding hydrogens is 788 g/mol. The van der Waals surface area contributed by atoms with E-state index in [0.717, 1.165) is 17.2 Å². The number of fused-ring (bicyclic) bond motifs is 5. The number of ether oxygens (including phenoxy) is 4. The molecule has 3 fully saturated rings. The molecule has 7 rings (SSSR count). The van der Waals surface area contributed by atoms with Crippen molar-refractivity contribution in [2.45, 2.75) is 70.0 Å². The Morgan fingerprint density at radius 3 is 2.43 bits per heavy atom. The maximum absolute atomic E-state index is 16.4. The molecule has 4 aromatic rings. The Bertz CT molecular complexity index is 2220. The molecule has 3 aliphatic rings. The number of rotatable bonds is 5. The zero-order valence-corrected chi connectivity index (χ0v) is 31.1. The van der Waals surface area contributed by atoms with E-state index in [2.05, 4.69) is 29.9 Å². The number of aromatic nitrogens is 8. The van der Waals surface area contributed by atoms with Crippen molar-refractivity contribution in [1.29, 1.82) is 0 Å². The van der Waals surface area contributed by atoms with Gasteiger partial charge < -0.3 is 39.8 Å². The minimum absolute atomic E-state index is 0.00323. The van der Waals surface area contributed by atoms with E-state index in [0.29, 0.717) is 11.4 Å². The van der Waals surface area contributed by atoms with Gasteiger partial charge in [0.05, 0.1) is 31.3 Å². The second-order valence-corrected chi connectivity index (χ2v) is 19.1. The second-order valence-electron chi connectivity index (χ2n) is 13.3. The summed E-state index contributed by atoms with van der Waals surface area (Å²) in [6, 6.07) is 0. The Balaban J connectivity index is 1.24. The van der Waals surface area contributed by atoms with E-state index in [1.54, 1.807) is 20.8 Å². The predicted molar refractivity (Wildman–Crippen MR) is 182 cm³/mol. The number of alkyl halides is 2. The largest absolute Gasteiger partial charge is 0.454 e. The first-order chi connectivity index (χ1) is 25.4. The van der Waals surface area contributed by atoms with Gasteiger partial charge in [0.1, 0.15) is 48.5 Å². The molecule has 7 heterocycles. The van der Waals surface area contributed by atoms with E-state index < -0.39 is 106 Å². The van der Waals surface area contributed by atoms with Crippen molar-refractivity contribution in [3.8, 4) is 0 Å². The third-order valence-electron chi connectivity index (χ3n) is 8.45. The molecule has 0 amide bonds. The highest BCUT2D eigenvalue weighted by Gasteiger charge is 2.54. The number of nitrogens with two attached hydrogens (primary N) is 2. The maximum Gasteiger partial charge on any atom is 0.393 e. The van der Waals surface area contributed by atoms with Crippen molar-refractivity contribution in [2.75, 3.05) is 37.0 Å². The Kier molecular flexibility index (Phi) is 10.3. The third kappa shape index (κ3) is 7.49. The van der Waals surface area contributed by atoms with Crippen LogP contribution < -0.4 is 17.0 Å². The lowest BCUT2D eigenvalue weighted by Crippen LogP contribution is -2.36. The normalized spacial score (nSPS) is 33.8. The lowest BCUT2D eigenvalue weighted by Gasteiger charge is -2.28. The summed E-state index contributed by atoms with van der Waals surface area (Å²) in [6.07, 6.45) is -11.8. The zero-order valence-electron chi connectivity index (χ0n) is 28.5. The van der Waals surface area contributed by atoms with Crippen LogP contribution >= 0.6 is 25.8 Å². The minimum atomic E-state index is -4.75. The van der Waals surface area contributed by atoms with E-state index in [4.69, 9.17) is 44.0 Å². The minimum Gasteiger partial charge on any atom is -0.454 e. The summed E-state index contributed by atoms with van der Waals surface area (Å²) >= 11 is 0.367. The van der Waals surface area contributed by atoms with Gasteiger partial charge in [0, 0.05) is 11.4 Å². The highest BCUT2D eigenvalue weighted by atomic mass is 32.7. The Morgan fingerprint density at radius 2 is 1.69 bits per heavy atom. The molecule has 0 aromatic carbocycles. The number of hydrogen-bond acceptors (Lipinski definition) is 19. The first kappa shape index (κ1) is 38.6. The lowest BCUT2D eigenvalue weighted by molar-refractivity contribution is -0.150. The van der Waals surface area contributed by atoms with Crippen LogP contribution in [0.5, 0.6) is 0 Å². The number of nitrogens with zero attached hydrogens (tertiary/aromatic N) is 7. The average molecular weight is 823 g/mol. The van der Waals surface area contributed by atoms with Crippen LogP contribution in [0.1, 0.15) is 33.2 Å². The molecule has 0 aliphatic carbocycles. The van der Waals surface area contributed by atoms with Gasteiger partial charge in [-0.05, 0) is 20.8 Å². The molecule has 10 atom stereocenters. The van der Waals surface area contributed by atoms with Crippen LogP contribution in [-0.4, -0.2) is 112 Å². The van der Waals surface area contributed by atoms with Crippen LogP contribution in [0, 0.1) is 5.41 Å². The number of aromatic amines is 1. The van der Waals surface area contributed by atoms with Crippen LogP contribution in [-0.2, 0) is 46.4 Å². The van der Waals surface area contributed by atoms with Gasteiger partial charge in [0.25, 0.3) is 5.56 Å². The Labute approximate surface area is 306 Å². The summed E-state index contributed by atoms with van der Waals surface area (Å²) in [5.74, 6) is -1.59. The van der Waals surface area contributed by atoms with Crippen molar-refractivity contribution in [2.24, 2.45) is 5.41 Å². The van der Waals surface area contributed by atoms with Gasteiger partial charge >= 0.3 is 20.4 Å². The number of hydrogen-bond donors (Lipinski definition) is 4. The van der Waals surface area contributed by atoms with E-state index in [1.165, 1.54) is 10.9 Å². The molecule has 6 N–H and O–H groups in total. The van der Waals surface area contributed by atoms with Gasteiger partial charge in [-0.3, -0.25) is 37.3 Å². The number of carbonyl (C=O) groups excluding carboxylic acids is 1. The highest BCUT2D eigenvalue weighted by Crippen LogP contribution is 2.64. The summed E-state index contributed by atoms with van der Waals surface area (Å²) in [4.78, 5) is 58.1. The van der Waals surface area contributed by atoms with E-state index in [1.807, 2.05) is 0 Å². The number of halogens is 2. The van der Waals surface area contributed by atoms with E-state index in [9.17, 15) is 23.6 Å². The van der Waals surface area contributed by atoms with Gasteiger partial charge in [-0.1, -0.05) is 0 Å². The Morgan fingerprint density at radius 1 is 1.00 bits per heavy atom. The molecule has 0 saturated carbocycles. The molecule has 22 nitrogen and oxygen atoms in total. The lowest BCUT2D eigenvalue weighted by atomic mass is 9.98. The molecule has 54 heavy (non-hydrogen) atoms. The first-order valence-electron chi connectivity index (χ1n) is 16.0. The number of anilines is 2. The molecule has 0 radical (unpaired) electrons. The van der Waals surface area contributed by atoms with Crippen LogP contribution in [0.15, 0.2) is 23.8 Å². The smallest absolute Gasteiger partial charge is 0.393 e. The summed E-state index contributed by atoms with van der Waals surface area (Å²) < 4.78 is 102. The monoisotopic (exact) mass is 822 g/mol. The average Bonchev–Trinajstić information content (AvgIpc) is 3.86. The molecule has 2 bridgehead atoms. The number of imidazole rings is 2. The number of H-pyrrole nitrogens is 1. The Hall–Kier alpha value is -3.64. The topological polar surface area (TPSA) is 295 Å². The zero-order chi connectivity index (χ0) is 38.7.